The largest absolute Gasteiger partial charge is 0.355 e. The van der Waals surface area contributed by atoms with Gasteiger partial charge in [0.05, 0.1) is 6.07 Å². The highest BCUT2D eigenvalue weighted by atomic mass is 16.1. The highest BCUT2D eigenvalue weighted by Crippen LogP contribution is 2.35. The second-order valence-electron chi connectivity index (χ2n) is 3.26. The van der Waals surface area contributed by atoms with Crippen molar-refractivity contribution in [3.63, 3.8) is 0 Å². The first-order valence-electron chi connectivity index (χ1n) is 4.45. The highest BCUT2D eigenvalue weighted by molar-refractivity contribution is 5.80. The molecule has 0 spiro atoms. The molecule has 12 heavy (non-hydrogen) atoms. The lowest BCUT2D eigenvalue weighted by Crippen LogP contribution is -2.29. The molecule has 0 aromatic heterocycles. The Kier molecular flexibility index (Phi) is 3.09. The SMILES string of the molecule is CCNC(=O)C(C#N)CC1CC1. The number of hydrogen-bond donors (Lipinski definition) is 1. The van der Waals surface area contributed by atoms with Gasteiger partial charge in [-0.05, 0) is 19.3 Å². The molecule has 1 fully saturated rings. The van der Waals surface area contributed by atoms with Gasteiger partial charge in [0.1, 0.15) is 5.92 Å². The minimum absolute atomic E-state index is 0.105. The Balaban J connectivity index is 2.32. The lowest BCUT2D eigenvalue weighted by molar-refractivity contribution is -0.123. The summed E-state index contributed by atoms with van der Waals surface area (Å²) in [5.41, 5.74) is 0. The van der Waals surface area contributed by atoms with Crippen LogP contribution >= 0.6 is 0 Å². The van der Waals surface area contributed by atoms with Gasteiger partial charge in [0, 0.05) is 6.54 Å². The normalized spacial score (nSPS) is 18.0. The standard InChI is InChI=1S/C9H14N2O/c1-2-11-9(12)8(6-10)5-7-3-4-7/h7-8H,2-5H2,1H3,(H,11,12). The molecule has 1 unspecified atom stereocenters. The van der Waals surface area contributed by atoms with Crippen molar-refractivity contribution < 1.29 is 4.79 Å². The minimum Gasteiger partial charge on any atom is -0.355 e. The van der Waals surface area contributed by atoms with Crippen molar-refractivity contribution in [3.05, 3.63) is 0 Å². The molecule has 0 saturated heterocycles. The number of amides is 1. The Morgan fingerprint density at radius 2 is 2.42 bits per heavy atom. The maximum Gasteiger partial charge on any atom is 0.237 e. The summed E-state index contributed by atoms with van der Waals surface area (Å²) >= 11 is 0. The smallest absolute Gasteiger partial charge is 0.237 e. The Morgan fingerprint density at radius 3 is 2.83 bits per heavy atom. The van der Waals surface area contributed by atoms with Crippen LogP contribution in [0, 0.1) is 23.2 Å². The summed E-state index contributed by atoms with van der Waals surface area (Å²) in [5.74, 6) is 0.113. The van der Waals surface area contributed by atoms with Crippen LogP contribution in [0.4, 0.5) is 0 Å². The number of nitrogens with zero attached hydrogens (tertiary/aromatic N) is 1. The fourth-order valence-corrected chi connectivity index (χ4v) is 1.20. The summed E-state index contributed by atoms with van der Waals surface area (Å²) in [5, 5.41) is 11.4. The van der Waals surface area contributed by atoms with Crippen molar-refractivity contribution in [2.45, 2.75) is 26.2 Å². The predicted octanol–water partition coefficient (Wildman–Crippen LogP) is 1.06. The number of nitriles is 1. The van der Waals surface area contributed by atoms with Gasteiger partial charge in [-0.3, -0.25) is 4.79 Å². The van der Waals surface area contributed by atoms with Crippen LogP contribution < -0.4 is 5.32 Å². The molecule has 1 rings (SSSR count). The summed E-state index contributed by atoms with van der Waals surface area (Å²) < 4.78 is 0. The number of carbonyl (C=O) groups excluding carboxylic acids is 1. The van der Waals surface area contributed by atoms with Crippen LogP contribution in [-0.2, 0) is 4.79 Å². The Bertz CT molecular complexity index is 203. The monoisotopic (exact) mass is 166 g/mol. The number of hydrogen-bond acceptors (Lipinski definition) is 2. The predicted molar refractivity (Wildman–Crippen MR) is 45.1 cm³/mol. The Labute approximate surface area is 72.8 Å². The zero-order valence-electron chi connectivity index (χ0n) is 7.34. The second-order valence-corrected chi connectivity index (χ2v) is 3.26. The van der Waals surface area contributed by atoms with E-state index in [1.54, 1.807) is 0 Å². The summed E-state index contributed by atoms with van der Waals surface area (Å²) in [7, 11) is 0. The van der Waals surface area contributed by atoms with Crippen LogP contribution in [-0.4, -0.2) is 12.5 Å². The average Bonchev–Trinajstić information content (AvgIpc) is 2.84. The summed E-state index contributed by atoms with van der Waals surface area (Å²) in [6.07, 6.45) is 3.14. The highest BCUT2D eigenvalue weighted by Gasteiger charge is 2.28. The molecule has 1 saturated carbocycles. The van der Waals surface area contributed by atoms with Crippen molar-refractivity contribution in [3.8, 4) is 6.07 Å². The van der Waals surface area contributed by atoms with Gasteiger partial charge < -0.3 is 5.32 Å². The Hall–Kier alpha value is -1.04. The first-order chi connectivity index (χ1) is 5.77. The van der Waals surface area contributed by atoms with Crippen LogP contribution in [0.15, 0.2) is 0 Å². The molecule has 1 aliphatic rings. The molecule has 3 nitrogen and oxygen atoms in total. The van der Waals surface area contributed by atoms with Crippen molar-refractivity contribution in [2.24, 2.45) is 11.8 Å². The molecule has 0 aromatic rings. The van der Waals surface area contributed by atoms with Crippen LogP contribution in [0.3, 0.4) is 0 Å². The van der Waals surface area contributed by atoms with E-state index in [0.717, 1.165) is 6.42 Å². The Morgan fingerprint density at radius 1 is 1.75 bits per heavy atom. The molecule has 1 atom stereocenters. The lowest BCUT2D eigenvalue weighted by atomic mass is 10.0. The zero-order valence-corrected chi connectivity index (χ0v) is 7.34. The molecule has 0 aromatic carbocycles. The third-order valence-electron chi connectivity index (χ3n) is 2.09. The zero-order chi connectivity index (χ0) is 8.97. The minimum atomic E-state index is -0.419. The van der Waals surface area contributed by atoms with E-state index in [4.69, 9.17) is 5.26 Å². The summed E-state index contributed by atoms with van der Waals surface area (Å²) in [6, 6.07) is 2.05. The van der Waals surface area contributed by atoms with Gasteiger partial charge in [-0.25, -0.2) is 0 Å². The van der Waals surface area contributed by atoms with Crippen LogP contribution in [0.2, 0.25) is 0 Å². The topological polar surface area (TPSA) is 52.9 Å². The number of nitrogens with one attached hydrogen (secondary N) is 1. The van der Waals surface area contributed by atoms with Crippen molar-refractivity contribution in [1.82, 2.24) is 5.32 Å². The lowest BCUT2D eigenvalue weighted by Gasteiger charge is -2.06. The molecule has 0 aliphatic heterocycles. The summed E-state index contributed by atoms with van der Waals surface area (Å²) in [6.45, 7) is 2.48. The molecule has 0 heterocycles. The van der Waals surface area contributed by atoms with Gasteiger partial charge in [0.2, 0.25) is 5.91 Å². The van der Waals surface area contributed by atoms with Crippen molar-refractivity contribution in [1.29, 1.82) is 5.26 Å². The van der Waals surface area contributed by atoms with E-state index >= 15 is 0 Å². The van der Waals surface area contributed by atoms with E-state index in [-0.39, 0.29) is 5.91 Å². The number of rotatable bonds is 4. The van der Waals surface area contributed by atoms with E-state index in [1.165, 1.54) is 12.8 Å². The maximum atomic E-state index is 11.2. The molecular weight excluding hydrogens is 152 g/mol. The molecule has 1 aliphatic carbocycles. The molecule has 1 N–H and O–H groups in total. The molecule has 66 valence electrons. The third kappa shape index (κ3) is 2.54. The van der Waals surface area contributed by atoms with Gasteiger partial charge in [-0.2, -0.15) is 5.26 Å². The fourth-order valence-electron chi connectivity index (χ4n) is 1.20. The van der Waals surface area contributed by atoms with Crippen molar-refractivity contribution >= 4 is 5.91 Å². The van der Waals surface area contributed by atoms with E-state index in [1.807, 2.05) is 13.0 Å². The van der Waals surface area contributed by atoms with Gasteiger partial charge in [-0.15, -0.1) is 0 Å². The van der Waals surface area contributed by atoms with Crippen LogP contribution in [0.25, 0.3) is 0 Å². The first-order valence-corrected chi connectivity index (χ1v) is 4.45. The molecule has 0 bridgehead atoms. The average molecular weight is 166 g/mol. The first kappa shape index (κ1) is 9.05. The number of carbonyl (C=O) groups is 1. The molecule has 3 heteroatoms. The van der Waals surface area contributed by atoms with Crippen LogP contribution in [0.1, 0.15) is 26.2 Å². The second kappa shape index (κ2) is 4.10. The molecule has 1 amide bonds. The molecular formula is C9H14N2O. The van der Waals surface area contributed by atoms with Gasteiger partial charge in [0.15, 0.2) is 0 Å². The van der Waals surface area contributed by atoms with Gasteiger partial charge >= 0.3 is 0 Å². The van der Waals surface area contributed by atoms with Gasteiger partial charge in [0.25, 0.3) is 0 Å². The van der Waals surface area contributed by atoms with Crippen molar-refractivity contribution in [2.75, 3.05) is 6.54 Å². The van der Waals surface area contributed by atoms with Gasteiger partial charge in [-0.1, -0.05) is 12.8 Å². The van der Waals surface area contributed by atoms with E-state index in [9.17, 15) is 4.79 Å². The molecule has 0 radical (unpaired) electrons. The fraction of sp³-hybridized carbons (Fsp3) is 0.778. The van der Waals surface area contributed by atoms with E-state index in [0.29, 0.717) is 12.5 Å². The van der Waals surface area contributed by atoms with E-state index in [2.05, 4.69) is 5.32 Å². The quantitative estimate of drug-likeness (QED) is 0.679. The van der Waals surface area contributed by atoms with Crippen LogP contribution in [0.5, 0.6) is 0 Å². The summed E-state index contributed by atoms with van der Waals surface area (Å²) in [4.78, 5) is 11.2. The van der Waals surface area contributed by atoms with E-state index < -0.39 is 5.92 Å². The maximum absolute atomic E-state index is 11.2. The third-order valence-corrected chi connectivity index (χ3v) is 2.09.